The molecule has 0 saturated carbocycles. The largest absolute Gasteiger partial charge is 0.366 e. The van der Waals surface area contributed by atoms with Crippen LogP contribution in [0.2, 0.25) is 0 Å². The minimum atomic E-state index is -0.567. The molecule has 0 saturated heterocycles. The molecule has 2 aromatic carbocycles. The van der Waals surface area contributed by atoms with Gasteiger partial charge in [-0.05, 0) is 76.2 Å². The van der Waals surface area contributed by atoms with E-state index in [0.29, 0.717) is 71.1 Å². The second kappa shape index (κ2) is 13.9. The Labute approximate surface area is 292 Å². The molecule has 2 N–H and O–H groups in total. The second-order valence-electron chi connectivity index (χ2n) is 12.2. The van der Waals surface area contributed by atoms with Gasteiger partial charge in [0.15, 0.2) is 0 Å². The van der Waals surface area contributed by atoms with E-state index < -0.39 is 17.7 Å². The Bertz CT molecular complexity index is 2550. The van der Waals surface area contributed by atoms with Gasteiger partial charge in [-0.1, -0.05) is 12.2 Å². The van der Waals surface area contributed by atoms with Crippen molar-refractivity contribution in [3.63, 3.8) is 0 Å². The van der Waals surface area contributed by atoms with Gasteiger partial charge in [0, 0.05) is 51.4 Å². The van der Waals surface area contributed by atoms with Gasteiger partial charge < -0.3 is 24.0 Å². The molecular weight excluding hydrogens is 650 g/mol. The van der Waals surface area contributed by atoms with E-state index >= 15 is 0 Å². The predicted molar refractivity (Wildman–Crippen MR) is 190 cm³/mol. The van der Waals surface area contributed by atoms with Crippen molar-refractivity contribution in [1.29, 1.82) is 0 Å². The molecule has 0 aliphatic carbocycles. The first kappa shape index (κ1) is 34.5. The summed E-state index contributed by atoms with van der Waals surface area (Å²) >= 11 is 0. The highest BCUT2D eigenvalue weighted by Crippen LogP contribution is 2.17. The van der Waals surface area contributed by atoms with Crippen molar-refractivity contribution in [1.82, 2.24) is 37.8 Å². The van der Waals surface area contributed by atoms with Crippen molar-refractivity contribution < 1.29 is 19.2 Å². The highest BCUT2D eigenvalue weighted by molar-refractivity contribution is 5.97. The number of aldehydes is 1. The van der Waals surface area contributed by atoms with E-state index in [9.17, 15) is 19.2 Å². The van der Waals surface area contributed by atoms with Crippen LogP contribution in [0.4, 0.5) is 0 Å². The number of fused-ring (bicyclic) bond motifs is 2. The zero-order chi connectivity index (χ0) is 36.6. The second-order valence-corrected chi connectivity index (χ2v) is 12.2. The van der Waals surface area contributed by atoms with Crippen LogP contribution in [0, 0.1) is 13.8 Å². The number of carbonyl (C=O) groups excluding carboxylic acids is 4. The van der Waals surface area contributed by atoms with Gasteiger partial charge in [-0.2, -0.15) is 20.2 Å². The normalized spacial score (nSPS) is 12.6. The van der Waals surface area contributed by atoms with Gasteiger partial charge in [0.05, 0.1) is 33.5 Å². The van der Waals surface area contributed by atoms with Gasteiger partial charge >= 0.3 is 0 Å². The fourth-order valence-electron chi connectivity index (χ4n) is 6.28. The zero-order valence-corrected chi connectivity index (χ0v) is 29.4. The summed E-state index contributed by atoms with van der Waals surface area (Å²) in [6, 6.07) is 13.8. The minimum Gasteiger partial charge on any atom is -0.366 e. The number of aromatic nitrogens is 8. The molecule has 4 heterocycles. The molecular formula is C36H39N11O4. The number of amides is 3. The third kappa shape index (κ3) is 6.40. The minimum absolute atomic E-state index is 0.312. The van der Waals surface area contributed by atoms with E-state index in [4.69, 9.17) is 5.73 Å². The molecule has 0 spiro atoms. The molecule has 0 radical (unpaired) electrons. The number of nitrogens with two attached hydrogens (primary N) is 1. The highest BCUT2D eigenvalue weighted by Gasteiger charge is 2.18. The van der Waals surface area contributed by atoms with Gasteiger partial charge in [-0.25, -0.2) is 0 Å². The fraction of sp³-hybridized carbons (Fsp3) is 0.278. The summed E-state index contributed by atoms with van der Waals surface area (Å²) in [5.41, 5.74) is 12.3. The van der Waals surface area contributed by atoms with Crippen LogP contribution in [0.15, 0.2) is 70.7 Å². The van der Waals surface area contributed by atoms with Crippen LogP contribution < -0.4 is 17.0 Å². The maximum atomic E-state index is 13.5. The first-order valence-electron chi connectivity index (χ1n) is 16.5. The number of benzene rings is 2. The van der Waals surface area contributed by atoms with Crippen LogP contribution in [-0.2, 0) is 40.3 Å². The Balaban J connectivity index is 1.43. The van der Waals surface area contributed by atoms with Gasteiger partial charge in [0.1, 0.15) is 17.7 Å². The monoisotopic (exact) mass is 689 g/mol. The third-order valence-corrected chi connectivity index (χ3v) is 8.77. The highest BCUT2D eigenvalue weighted by atomic mass is 16.2. The van der Waals surface area contributed by atoms with E-state index in [1.807, 2.05) is 55.0 Å². The standard InChI is InChI=1S/C36H39N11O4/c1-7-46-30(17-22(3)40-46)33(50)38-35-42(5)28-19-24(21-48)11-13-26(28)44(35)15-9-10-16-45-27-14-12-25(32(37)49)20-29(27)43(6)36(45)39-34(51)31-18-23(4)41-47(31)8-2/h9-14,17-21H,7-8,15-16H2,1-6H3,(H2,37,49)/b10-9+,38-35-,39-36-. The lowest BCUT2D eigenvalue weighted by Crippen LogP contribution is -2.27. The van der Waals surface area contributed by atoms with E-state index in [0.717, 1.165) is 28.5 Å². The van der Waals surface area contributed by atoms with E-state index in [2.05, 4.69) is 20.2 Å². The van der Waals surface area contributed by atoms with Gasteiger partial charge in [-0.3, -0.25) is 28.5 Å². The van der Waals surface area contributed by atoms with Crippen molar-refractivity contribution in [2.24, 2.45) is 29.8 Å². The molecule has 4 aromatic heterocycles. The average Bonchev–Trinajstić information content (AvgIpc) is 3.84. The Kier molecular flexibility index (Phi) is 9.37. The van der Waals surface area contributed by atoms with E-state index in [1.165, 1.54) is 0 Å². The number of rotatable bonds is 10. The fourth-order valence-corrected chi connectivity index (χ4v) is 6.28. The Morgan fingerprint density at radius 2 is 1.18 bits per heavy atom. The SMILES string of the molecule is CCn1nc(C)cc1C(=O)/N=c1/n(C)c2cc(C=O)ccc2n1C/C=C/Cn1/c(=N\C(=O)c2cc(C)nn2CC)n(C)c2cc(C(N)=O)ccc21. The summed E-state index contributed by atoms with van der Waals surface area (Å²) in [7, 11) is 3.58. The smallest absolute Gasteiger partial charge is 0.298 e. The third-order valence-electron chi connectivity index (χ3n) is 8.77. The molecule has 0 aliphatic rings. The summed E-state index contributed by atoms with van der Waals surface area (Å²) in [6.45, 7) is 9.12. The first-order chi connectivity index (χ1) is 24.4. The summed E-state index contributed by atoms with van der Waals surface area (Å²) in [5.74, 6) is -1.45. The van der Waals surface area contributed by atoms with Crippen molar-refractivity contribution >= 4 is 46.1 Å². The maximum Gasteiger partial charge on any atom is 0.298 e. The number of hydrogen-bond acceptors (Lipinski definition) is 6. The molecule has 15 heteroatoms. The van der Waals surface area contributed by atoms with Gasteiger partial charge in [-0.15, -0.1) is 0 Å². The van der Waals surface area contributed by atoms with Crippen LogP contribution in [0.25, 0.3) is 22.1 Å². The Morgan fingerprint density at radius 3 is 1.63 bits per heavy atom. The summed E-state index contributed by atoms with van der Waals surface area (Å²) in [5, 5.41) is 8.78. The first-order valence-corrected chi connectivity index (χ1v) is 16.5. The number of hydrogen-bond donors (Lipinski definition) is 1. The predicted octanol–water partition coefficient (Wildman–Crippen LogP) is 2.97. The topological polar surface area (TPSA) is 174 Å². The molecule has 3 amide bonds. The lowest BCUT2D eigenvalue weighted by Gasteiger charge is -2.04. The molecule has 0 unspecified atom stereocenters. The Hall–Kier alpha value is -6.38. The average molecular weight is 690 g/mol. The number of nitrogens with zero attached hydrogens (tertiary/aromatic N) is 10. The number of aryl methyl sites for hydroxylation is 6. The molecule has 0 atom stereocenters. The summed E-state index contributed by atoms with van der Waals surface area (Å²) < 4.78 is 10.5. The zero-order valence-electron chi connectivity index (χ0n) is 29.4. The van der Waals surface area contributed by atoms with Crippen LogP contribution in [0.5, 0.6) is 0 Å². The molecule has 0 aliphatic heterocycles. The van der Waals surface area contributed by atoms with Crippen LogP contribution >= 0.6 is 0 Å². The lowest BCUT2D eigenvalue weighted by atomic mass is 10.2. The number of carbonyl (C=O) groups is 4. The summed E-state index contributed by atoms with van der Waals surface area (Å²) in [6.07, 6.45) is 4.64. The van der Waals surface area contributed by atoms with Crippen molar-refractivity contribution in [2.75, 3.05) is 0 Å². The van der Waals surface area contributed by atoms with Crippen LogP contribution in [0.3, 0.4) is 0 Å². The van der Waals surface area contributed by atoms with Crippen LogP contribution in [-0.4, -0.2) is 61.8 Å². The molecule has 6 aromatic rings. The summed E-state index contributed by atoms with van der Waals surface area (Å²) in [4.78, 5) is 59.7. The molecule has 6 rings (SSSR count). The van der Waals surface area contributed by atoms with Crippen molar-refractivity contribution in [3.8, 4) is 0 Å². The maximum absolute atomic E-state index is 13.5. The van der Waals surface area contributed by atoms with E-state index in [-0.39, 0.29) is 0 Å². The number of allylic oxidation sites excluding steroid dienone is 2. The number of primary amides is 1. The molecule has 262 valence electrons. The van der Waals surface area contributed by atoms with Crippen LogP contribution in [0.1, 0.15) is 66.9 Å². The number of imidazole rings is 2. The molecule has 0 fully saturated rings. The van der Waals surface area contributed by atoms with Gasteiger partial charge in [0.2, 0.25) is 17.1 Å². The quantitative estimate of drug-likeness (QED) is 0.171. The molecule has 15 nitrogen and oxygen atoms in total. The lowest BCUT2D eigenvalue weighted by molar-refractivity contribution is 0.0977. The van der Waals surface area contributed by atoms with Gasteiger partial charge in [0.25, 0.3) is 11.8 Å². The Morgan fingerprint density at radius 1 is 0.706 bits per heavy atom. The van der Waals surface area contributed by atoms with E-state index in [1.54, 1.807) is 75.1 Å². The molecule has 51 heavy (non-hydrogen) atoms. The van der Waals surface area contributed by atoms with Crippen molar-refractivity contribution in [2.45, 2.75) is 53.9 Å². The van der Waals surface area contributed by atoms with Crippen molar-refractivity contribution in [3.05, 3.63) is 106 Å². The molecule has 0 bridgehead atoms.